The second-order valence-corrected chi connectivity index (χ2v) is 14.7. The van der Waals surface area contributed by atoms with Crippen LogP contribution in [-0.2, 0) is 0 Å². The number of hydrogen-bond acceptors (Lipinski definition) is 2. The van der Waals surface area contributed by atoms with E-state index in [9.17, 15) is 0 Å². The topological polar surface area (TPSA) is 23.0 Å². The van der Waals surface area contributed by atoms with E-state index in [4.69, 9.17) is 4.42 Å². The van der Waals surface area contributed by atoms with Crippen molar-refractivity contribution >= 4 is 97.1 Å². The molecule has 3 nitrogen and oxygen atoms in total. The van der Waals surface area contributed by atoms with Crippen molar-refractivity contribution in [2.45, 2.75) is 0 Å². The maximum absolute atomic E-state index is 6.72. The Morgan fingerprint density at radius 2 is 1.08 bits per heavy atom. The first-order valence-corrected chi connectivity index (χ1v) is 18.5. The molecule has 4 heterocycles. The van der Waals surface area contributed by atoms with Gasteiger partial charge in [0.25, 0.3) is 0 Å². The molecule has 0 N–H and O–H groups in total. The highest BCUT2D eigenvalue weighted by Crippen LogP contribution is 2.45. The molecule has 0 saturated carbocycles. The van der Waals surface area contributed by atoms with Crippen LogP contribution in [0.25, 0.3) is 108 Å². The van der Waals surface area contributed by atoms with E-state index in [1.54, 1.807) is 0 Å². The molecule has 12 aromatic rings. The van der Waals surface area contributed by atoms with E-state index in [0.29, 0.717) is 0 Å². The quantitative estimate of drug-likeness (QED) is 0.182. The maximum atomic E-state index is 6.72. The summed E-state index contributed by atoms with van der Waals surface area (Å²) in [4.78, 5) is 0. The highest BCUT2D eigenvalue weighted by molar-refractivity contribution is 7.26. The van der Waals surface area contributed by atoms with Crippen molar-refractivity contribution in [2.24, 2.45) is 0 Å². The molecule has 0 aliphatic heterocycles. The molecule has 52 heavy (non-hydrogen) atoms. The van der Waals surface area contributed by atoms with Crippen molar-refractivity contribution in [2.75, 3.05) is 0 Å². The number of thiophene rings is 1. The number of fused-ring (bicyclic) bond motifs is 13. The zero-order valence-electron chi connectivity index (χ0n) is 27.9. The van der Waals surface area contributed by atoms with Crippen LogP contribution in [0.5, 0.6) is 0 Å². The molecule has 0 atom stereocenters. The summed E-state index contributed by atoms with van der Waals surface area (Å²) in [6, 6.07) is 61.6. The molecular formula is C48H28N2OS. The Morgan fingerprint density at radius 1 is 0.423 bits per heavy atom. The average Bonchev–Trinajstić information content (AvgIpc) is 3.95. The summed E-state index contributed by atoms with van der Waals surface area (Å²) in [5.74, 6) is 0. The molecule has 0 bridgehead atoms. The van der Waals surface area contributed by atoms with Gasteiger partial charge in [-0.2, -0.15) is 0 Å². The first kappa shape index (κ1) is 28.1. The number of rotatable bonds is 3. The molecule has 8 aromatic carbocycles. The highest BCUT2D eigenvalue weighted by Gasteiger charge is 2.23. The molecule has 0 aliphatic rings. The van der Waals surface area contributed by atoms with Gasteiger partial charge < -0.3 is 13.6 Å². The Morgan fingerprint density at radius 3 is 1.88 bits per heavy atom. The van der Waals surface area contributed by atoms with Crippen molar-refractivity contribution in [1.82, 2.24) is 9.13 Å². The first-order valence-electron chi connectivity index (χ1n) is 17.7. The van der Waals surface area contributed by atoms with Crippen LogP contribution < -0.4 is 0 Å². The Balaban J connectivity index is 1.17. The molecule has 0 unspecified atom stereocenters. The van der Waals surface area contributed by atoms with E-state index in [1.165, 1.54) is 53.1 Å². The van der Waals surface area contributed by atoms with E-state index in [-0.39, 0.29) is 0 Å². The molecular weight excluding hydrogens is 653 g/mol. The lowest BCUT2D eigenvalue weighted by Gasteiger charge is -2.15. The lowest BCUT2D eigenvalue weighted by atomic mass is 10.0. The second kappa shape index (κ2) is 10.5. The van der Waals surface area contributed by atoms with Crippen LogP contribution in [0.1, 0.15) is 0 Å². The third kappa shape index (κ3) is 3.74. The van der Waals surface area contributed by atoms with Crippen molar-refractivity contribution in [3.8, 4) is 22.5 Å². The highest BCUT2D eigenvalue weighted by atomic mass is 32.1. The Hall–Kier alpha value is -6.62. The minimum absolute atomic E-state index is 0.907. The maximum Gasteiger partial charge on any atom is 0.145 e. The molecule has 12 rings (SSSR count). The van der Waals surface area contributed by atoms with Gasteiger partial charge in [-0.05, 0) is 65.7 Å². The Labute approximate surface area is 301 Å². The molecule has 0 radical (unpaired) electrons. The van der Waals surface area contributed by atoms with E-state index in [1.807, 2.05) is 17.4 Å². The average molecular weight is 681 g/mol. The van der Waals surface area contributed by atoms with Crippen molar-refractivity contribution in [3.63, 3.8) is 0 Å². The lowest BCUT2D eigenvalue weighted by Crippen LogP contribution is -2.00. The SMILES string of the molecule is c1ccc2c(c1)oc1c2ccc2c1c1cccc(-n3c4ccccc4c4ccccc43)c1n2-c1ccc(-c2cccc3c2sc2ccccc23)cc1. The molecule has 0 saturated heterocycles. The number of nitrogens with zero attached hydrogens (tertiary/aromatic N) is 2. The van der Waals surface area contributed by atoms with Crippen molar-refractivity contribution < 1.29 is 4.42 Å². The van der Waals surface area contributed by atoms with Gasteiger partial charge in [-0.15, -0.1) is 11.3 Å². The van der Waals surface area contributed by atoms with E-state index >= 15 is 0 Å². The number of hydrogen-bond donors (Lipinski definition) is 0. The van der Waals surface area contributed by atoms with Crippen LogP contribution in [0.3, 0.4) is 0 Å². The van der Waals surface area contributed by atoms with Gasteiger partial charge in [0.15, 0.2) is 0 Å². The fourth-order valence-electron chi connectivity index (χ4n) is 8.71. The molecule has 0 spiro atoms. The minimum Gasteiger partial charge on any atom is -0.455 e. The first-order chi connectivity index (χ1) is 25.8. The van der Waals surface area contributed by atoms with Crippen LogP contribution in [0.15, 0.2) is 174 Å². The van der Waals surface area contributed by atoms with Gasteiger partial charge in [0.05, 0.1) is 33.1 Å². The third-order valence-corrected chi connectivity index (χ3v) is 12.2. The fraction of sp³-hybridized carbons (Fsp3) is 0. The summed E-state index contributed by atoms with van der Waals surface area (Å²) < 4.78 is 14.3. The van der Waals surface area contributed by atoms with Gasteiger partial charge in [-0.25, -0.2) is 0 Å². The monoisotopic (exact) mass is 680 g/mol. The van der Waals surface area contributed by atoms with Gasteiger partial charge in [-0.1, -0.05) is 115 Å². The normalized spacial score (nSPS) is 12.2. The molecule has 242 valence electrons. The molecule has 0 aliphatic carbocycles. The molecule has 0 fully saturated rings. The van der Waals surface area contributed by atoms with Crippen LogP contribution >= 0.6 is 11.3 Å². The number of aromatic nitrogens is 2. The van der Waals surface area contributed by atoms with E-state index < -0.39 is 0 Å². The van der Waals surface area contributed by atoms with Crippen molar-refractivity contribution in [3.05, 3.63) is 170 Å². The van der Waals surface area contributed by atoms with Crippen LogP contribution in [0, 0.1) is 0 Å². The number of benzene rings is 8. The van der Waals surface area contributed by atoms with Gasteiger partial charge in [0, 0.05) is 52.8 Å². The molecule has 0 amide bonds. The van der Waals surface area contributed by atoms with E-state index in [2.05, 4.69) is 173 Å². The standard InChI is InChI=1S/C48H28N2OS/c1-5-18-39-32(11-1)33-12-2-6-19-40(33)50(39)42-20-10-17-38-45-41(28-27-36-34-13-3-7-21-43(34)51-47(36)45)49(46(38)42)30-25-23-29(24-26-30)31-15-9-16-37-35-14-4-8-22-44(35)52-48(31)37/h1-28H. The smallest absolute Gasteiger partial charge is 0.145 e. The Kier molecular flexibility index (Phi) is 5.65. The van der Waals surface area contributed by atoms with Gasteiger partial charge >= 0.3 is 0 Å². The van der Waals surface area contributed by atoms with Gasteiger partial charge in [0.1, 0.15) is 11.2 Å². The fourth-order valence-corrected chi connectivity index (χ4v) is 9.95. The van der Waals surface area contributed by atoms with Gasteiger partial charge in [0.2, 0.25) is 0 Å². The number of para-hydroxylation sites is 4. The summed E-state index contributed by atoms with van der Waals surface area (Å²) in [5.41, 5.74) is 11.2. The summed E-state index contributed by atoms with van der Waals surface area (Å²) >= 11 is 1.88. The summed E-state index contributed by atoms with van der Waals surface area (Å²) in [6.45, 7) is 0. The van der Waals surface area contributed by atoms with Crippen LogP contribution in [0.4, 0.5) is 0 Å². The minimum atomic E-state index is 0.907. The molecule has 4 heteroatoms. The predicted molar refractivity (Wildman–Crippen MR) is 221 cm³/mol. The molecule has 4 aromatic heterocycles. The Bertz CT molecular complexity index is 3360. The number of furan rings is 1. The predicted octanol–water partition coefficient (Wildman–Crippen LogP) is 13.8. The zero-order chi connectivity index (χ0) is 33.9. The second-order valence-electron chi connectivity index (χ2n) is 13.6. The van der Waals surface area contributed by atoms with Crippen LogP contribution in [-0.4, -0.2) is 9.13 Å². The van der Waals surface area contributed by atoms with E-state index in [0.717, 1.165) is 55.1 Å². The summed E-state index contributed by atoms with van der Waals surface area (Å²) in [6.07, 6.45) is 0. The largest absolute Gasteiger partial charge is 0.455 e. The zero-order valence-corrected chi connectivity index (χ0v) is 28.7. The van der Waals surface area contributed by atoms with Gasteiger partial charge in [-0.3, -0.25) is 0 Å². The third-order valence-electron chi connectivity index (χ3n) is 10.9. The van der Waals surface area contributed by atoms with Crippen LogP contribution in [0.2, 0.25) is 0 Å². The van der Waals surface area contributed by atoms with Crippen molar-refractivity contribution in [1.29, 1.82) is 0 Å². The lowest BCUT2D eigenvalue weighted by molar-refractivity contribution is 0.673. The summed E-state index contributed by atoms with van der Waals surface area (Å²) in [5, 5.41) is 9.70. The summed E-state index contributed by atoms with van der Waals surface area (Å²) in [7, 11) is 0.